The van der Waals surface area contributed by atoms with Gasteiger partial charge in [-0.15, -0.1) is 0 Å². The lowest BCUT2D eigenvalue weighted by Crippen LogP contribution is -2.16. The highest BCUT2D eigenvalue weighted by Crippen LogP contribution is 2.16. The molecule has 19 heavy (non-hydrogen) atoms. The number of hydrogen-bond acceptors (Lipinski definition) is 5. The van der Waals surface area contributed by atoms with E-state index in [0.717, 1.165) is 17.9 Å². The van der Waals surface area contributed by atoms with Crippen molar-refractivity contribution in [3.63, 3.8) is 0 Å². The molecule has 0 aliphatic rings. The van der Waals surface area contributed by atoms with E-state index in [1.807, 2.05) is 19.9 Å². The summed E-state index contributed by atoms with van der Waals surface area (Å²) in [5, 5.41) is 5.83. The largest absolute Gasteiger partial charge is 0.385 e. The van der Waals surface area contributed by atoms with Crippen LogP contribution in [0, 0.1) is 6.92 Å². The van der Waals surface area contributed by atoms with E-state index in [1.54, 1.807) is 12.4 Å². The van der Waals surface area contributed by atoms with Gasteiger partial charge in [-0.25, -0.2) is 4.98 Å². The minimum Gasteiger partial charge on any atom is -0.385 e. The number of hydrogen-bond donors (Lipinski definition) is 2. The molecule has 0 aliphatic heterocycles. The van der Waals surface area contributed by atoms with Gasteiger partial charge in [-0.2, -0.15) is 0 Å². The molecule has 0 saturated heterocycles. The number of anilines is 2. The van der Waals surface area contributed by atoms with Crippen LogP contribution in [0.4, 0.5) is 11.5 Å². The molecule has 2 rings (SSSR count). The van der Waals surface area contributed by atoms with Crippen molar-refractivity contribution in [1.82, 2.24) is 15.0 Å². The van der Waals surface area contributed by atoms with Gasteiger partial charge in [0.15, 0.2) is 5.82 Å². The Kier molecular flexibility index (Phi) is 4.02. The van der Waals surface area contributed by atoms with Crippen LogP contribution in [0.15, 0.2) is 30.9 Å². The Labute approximate surface area is 111 Å². The molecule has 2 aromatic heterocycles. The normalized spacial score (nSPS) is 10.0. The predicted octanol–water partition coefficient (Wildman–Crippen LogP) is 1.86. The van der Waals surface area contributed by atoms with Crippen molar-refractivity contribution in [1.29, 1.82) is 0 Å². The van der Waals surface area contributed by atoms with Crippen molar-refractivity contribution in [2.45, 2.75) is 13.8 Å². The first kappa shape index (κ1) is 12.9. The van der Waals surface area contributed by atoms with E-state index in [2.05, 4.69) is 25.6 Å². The van der Waals surface area contributed by atoms with Gasteiger partial charge in [0.2, 0.25) is 0 Å². The third kappa shape index (κ3) is 3.25. The maximum Gasteiger partial charge on any atom is 0.260 e. The zero-order valence-corrected chi connectivity index (χ0v) is 10.8. The SMILES string of the molecule is CCNc1cc(C)ncc1C(=O)Nc1cnccn1. The van der Waals surface area contributed by atoms with Crippen LogP contribution in [-0.4, -0.2) is 27.4 Å². The highest BCUT2D eigenvalue weighted by molar-refractivity contribution is 6.07. The second kappa shape index (κ2) is 5.90. The molecule has 0 fully saturated rings. The highest BCUT2D eigenvalue weighted by atomic mass is 16.1. The number of carbonyl (C=O) groups excluding carboxylic acids is 1. The number of carbonyl (C=O) groups is 1. The van der Waals surface area contributed by atoms with E-state index in [-0.39, 0.29) is 5.91 Å². The smallest absolute Gasteiger partial charge is 0.260 e. The summed E-state index contributed by atoms with van der Waals surface area (Å²) in [6, 6.07) is 1.84. The lowest BCUT2D eigenvalue weighted by Gasteiger charge is -2.10. The monoisotopic (exact) mass is 257 g/mol. The Morgan fingerprint density at radius 2 is 2.11 bits per heavy atom. The molecule has 0 radical (unpaired) electrons. The topological polar surface area (TPSA) is 79.8 Å². The molecule has 0 aliphatic carbocycles. The molecule has 6 nitrogen and oxygen atoms in total. The quantitative estimate of drug-likeness (QED) is 0.874. The average molecular weight is 257 g/mol. The lowest BCUT2D eigenvalue weighted by atomic mass is 10.2. The summed E-state index contributed by atoms with van der Waals surface area (Å²) in [7, 11) is 0. The van der Waals surface area contributed by atoms with Crippen molar-refractivity contribution in [3.05, 3.63) is 42.1 Å². The van der Waals surface area contributed by atoms with Gasteiger partial charge in [0.1, 0.15) is 0 Å². The molecule has 0 atom stereocenters. The first-order valence-electron chi connectivity index (χ1n) is 5.98. The van der Waals surface area contributed by atoms with E-state index in [0.29, 0.717) is 11.4 Å². The van der Waals surface area contributed by atoms with Gasteiger partial charge in [0.25, 0.3) is 5.91 Å². The van der Waals surface area contributed by atoms with Gasteiger partial charge in [-0.3, -0.25) is 14.8 Å². The second-order valence-electron chi connectivity index (χ2n) is 3.95. The second-order valence-corrected chi connectivity index (χ2v) is 3.95. The Balaban J connectivity index is 2.23. The van der Waals surface area contributed by atoms with Crippen LogP contribution in [0.2, 0.25) is 0 Å². The van der Waals surface area contributed by atoms with E-state index in [9.17, 15) is 4.79 Å². The van der Waals surface area contributed by atoms with E-state index >= 15 is 0 Å². The Morgan fingerprint density at radius 3 is 2.79 bits per heavy atom. The van der Waals surface area contributed by atoms with Gasteiger partial charge in [0.05, 0.1) is 17.4 Å². The van der Waals surface area contributed by atoms with Gasteiger partial charge in [-0.05, 0) is 19.9 Å². The van der Waals surface area contributed by atoms with Crippen LogP contribution < -0.4 is 10.6 Å². The van der Waals surface area contributed by atoms with E-state index in [4.69, 9.17) is 0 Å². The lowest BCUT2D eigenvalue weighted by molar-refractivity contribution is 0.102. The number of aromatic nitrogens is 3. The standard InChI is InChI=1S/C13H15N5O/c1-3-15-11-6-9(2)17-7-10(11)13(19)18-12-8-14-4-5-16-12/h4-8H,3H2,1-2H3,(H,15,17)(H,16,18,19). The fraction of sp³-hybridized carbons (Fsp3) is 0.231. The predicted molar refractivity (Wildman–Crippen MR) is 73.1 cm³/mol. The van der Waals surface area contributed by atoms with E-state index in [1.165, 1.54) is 12.4 Å². The molecule has 0 spiro atoms. The van der Waals surface area contributed by atoms with Crippen molar-refractivity contribution in [2.24, 2.45) is 0 Å². The number of aryl methyl sites for hydroxylation is 1. The van der Waals surface area contributed by atoms with Crippen LogP contribution in [0.1, 0.15) is 23.0 Å². The Hall–Kier alpha value is -2.50. The van der Waals surface area contributed by atoms with E-state index < -0.39 is 0 Å². The molecule has 1 amide bonds. The molecule has 2 aromatic rings. The zero-order valence-electron chi connectivity index (χ0n) is 10.8. The van der Waals surface area contributed by atoms with Crippen molar-refractivity contribution in [2.75, 3.05) is 17.2 Å². The Bertz CT molecular complexity index is 571. The van der Waals surface area contributed by atoms with Gasteiger partial charge >= 0.3 is 0 Å². The van der Waals surface area contributed by atoms with Crippen LogP contribution in [-0.2, 0) is 0 Å². The molecule has 98 valence electrons. The fourth-order valence-corrected chi connectivity index (χ4v) is 1.62. The third-order valence-electron chi connectivity index (χ3n) is 2.46. The van der Waals surface area contributed by atoms with Crippen LogP contribution >= 0.6 is 0 Å². The molecule has 2 heterocycles. The van der Waals surface area contributed by atoms with Crippen molar-refractivity contribution < 1.29 is 4.79 Å². The number of pyridine rings is 1. The van der Waals surface area contributed by atoms with Gasteiger partial charge < -0.3 is 10.6 Å². The number of amides is 1. The number of rotatable bonds is 4. The molecule has 0 saturated carbocycles. The summed E-state index contributed by atoms with van der Waals surface area (Å²) < 4.78 is 0. The first-order chi connectivity index (χ1) is 9.20. The molecule has 6 heteroatoms. The van der Waals surface area contributed by atoms with Crippen molar-refractivity contribution in [3.8, 4) is 0 Å². The van der Waals surface area contributed by atoms with Crippen LogP contribution in [0.3, 0.4) is 0 Å². The molecular formula is C13H15N5O. The summed E-state index contributed by atoms with van der Waals surface area (Å²) in [5.74, 6) is 0.152. The molecule has 0 aromatic carbocycles. The maximum atomic E-state index is 12.2. The van der Waals surface area contributed by atoms with Crippen molar-refractivity contribution >= 4 is 17.4 Å². The van der Waals surface area contributed by atoms with Gasteiger partial charge in [0, 0.05) is 30.8 Å². The minimum atomic E-state index is -0.260. The summed E-state index contributed by atoms with van der Waals surface area (Å²) in [4.78, 5) is 24.2. The average Bonchev–Trinajstić information content (AvgIpc) is 2.40. The molecular weight excluding hydrogens is 242 g/mol. The summed E-state index contributed by atoms with van der Waals surface area (Å²) in [5.41, 5.74) is 2.10. The zero-order chi connectivity index (χ0) is 13.7. The fourth-order valence-electron chi connectivity index (χ4n) is 1.62. The number of nitrogens with zero attached hydrogens (tertiary/aromatic N) is 3. The summed E-state index contributed by atoms with van der Waals surface area (Å²) >= 11 is 0. The third-order valence-corrected chi connectivity index (χ3v) is 2.46. The minimum absolute atomic E-state index is 0.260. The van der Waals surface area contributed by atoms with Gasteiger partial charge in [-0.1, -0.05) is 0 Å². The molecule has 0 unspecified atom stereocenters. The molecule has 0 bridgehead atoms. The summed E-state index contributed by atoms with van der Waals surface area (Å²) in [6.07, 6.45) is 6.12. The van der Waals surface area contributed by atoms with Crippen LogP contribution in [0.25, 0.3) is 0 Å². The Morgan fingerprint density at radius 1 is 1.26 bits per heavy atom. The highest BCUT2D eigenvalue weighted by Gasteiger charge is 2.12. The number of nitrogens with one attached hydrogen (secondary N) is 2. The van der Waals surface area contributed by atoms with Crippen LogP contribution in [0.5, 0.6) is 0 Å². The first-order valence-corrected chi connectivity index (χ1v) is 5.98. The maximum absolute atomic E-state index is 12.2. The molecule has 2 N–H and O–H groups in total. The summed E-state index contributed by atoms with van der Waals surface area (Å²) in [6.45, 7) is 4.58.